The van der Waals surface area contributed by atoms with Crippen molar-refractivity contribution in [1.29, 1.82) is 0 Å². The molecule has 3 rings (SSSR count). The number of nitrogens with one attached hydrogen (secondary N) is 1. The van der Waals surface area contributed by atoms with Crippen molar-refractivity contribution in [3.63, 3.8) is 0 Å². The number of nitrogens with zero attached hydrogens (tertiary/aromatic N) is 1. The van der Waals surface area contributed by atoms with Crippen LogP contribution in [0.15, 0.2) is 47.0 Å². The summed E-state index contributed by atoms with van der Waals surface area (Å²) in [5.41, 5.74) is 4.40. The third kappa shape index (κ3) is 4.32. The van der Waals surface area contributed by atoms with Gasteiger partial charge in [-0.3, -0.25) is 4.79 Å². The summed E-state index contributed by atoms with van der Waals surface area (Å²) in [6, 6.07) is 14.0. The maximum Gasteiger partial charge on any atom is 0.274 e. The zero-order chi connectivity index (χ0) is 19.4. The van der Waals surface area contributed by atoms with E-state index in [1.165, 1.54) is 0 Å². The lowest BCUT2D eigenvalue weighted by Gasteiger charge is -2.13. The van der Waals surface area contributed by atoms with Gasteiger partial charge in [-0.05, 0) is 72.2 Å². The maximum absolute atomic E-state index is 12.2. The Balaban J connectivity index is 1.97. The molecule has 0 spiro atoms. The molecule has 1 heterocycles. The lowest BCUT2D eigenvalue weighted by Crippen LogP contribution is -2.23. The summed E-state index contributed by atoms with van der Waals surface area (Å²) >= 11 is 2.10. The highest BCUT2D eigenvalue weighted by Crippen LogP contribution is 2.37. The summed E-state index contributed by atoms with van der Waals surface area (Å²) in [5.74, 6) is 1.01. The molecule has 0 bridgehead atoms. The quantitative estimate of drug-likeness (QED) is 0.515. The second-order valence-corrected chi connectivity index (χ2v) is 7.32. The van der Waals surface area contributed by atoms with Crippen molar-refractivity contribution in [3.05, 3.63) is 68.4 Å². The Morgan fingerprint density at radius 2 is 1.89 bits per heavy atom. The Kier molecular flexibility index (Phi) is 6.15. The van der Waals surface area contributed by atoms with Gasteiger partial charge in [0.25, 0.3) is 5.91 Å². The Hall–Kier alpha value is -2.35. The van der Waals surface area contributed by atoms with Crippen molar-refractivity contribution >= 4 is 28.5 Å². The predicted octanol–water partition coefficient (Wildman–Crippen LogP) is 4.89. The van der Waals surface area contributed by atoms with Gasteiger partial charge >= 0.3 is 0 Å². The fraction of sp³-hybridized carbons (Fsp3) is 0.238. The van der Waals surface area contributed by atoms with Gasteiger partial charge in [0.1, 0.15) is 12.4 Å². The molecule has 0 unspecified atom stereocenters. The molecule has 0 atom stereocenters. The first-order valence-corrected chi connectivity index (χ1v) is 9.80. The van der Waals surface area contributed by atoms with E-state index in [-0.39, 0.29) is 5.91 Å². The van der Waals surface area contributed by atoms with Crippen LogP contribution in [0.25, 0.3) is 11.3 Å². The van der Waals surface area contributed by atoms with Crippen molar-refractivity contribution < 1.29 is 14.1 Å². The number of benzene rings is 2. The highest BCUT2D eigenvalue weighted by molar-refractivity contribution is 14.1. The zero-order valence-corrected chi connectivity index (χ0v) is 17.7. The third-order valence-electron chi connectivity index (χ3n) is 4.27. The van der Waals surface area contributed by atoms with Crippen molar-refractivity contribution in [2.75, 3.05) is 6.54 Å². The first-order valence-electron chi connectivity index (χ1n) is 8.73. The summed E-state index contributed by atoms with van der Waals surface area (Å²) in [6.07, 6.45) is 0. The molecule has 6 heteroatoms. The molecular formula is C21H21IN2O3. The van der Waals surface area contributed by atoms with Gasteiger partial charge in [-0.1, -0.05) is 35.5 Å². The molecular weight excluding hydrogens is 455 g/mol. The average Bonchev–Trinajstić information content (AvgIpc) is 3.05. The number of hydrogen-bond acceptors (Lipinski definition) is 4. The normalized spacial score (nSPS) is 10.7. The molecule has 2 aromatic carbocycles. The van der Waals surface area contributed by atoms with Crippen molar-refractivity contribution in [3.8, 4) is 17.1 Å². The molecule has 0 aliphatic heterocycles. The number of carbonyl (C=O) groups excluding carboxylic acids is 1. The number of rotatable bonds is 6. The SMILES string of the molecule is CCNC(=O)c1noc(-c2cc(C)c(C)cc2OCc2ccccc2)c1I. The van der Waals surface area contributed by atoms with Crippen LogP contribution in [-0.4, -0.2) is 17.6 Å². The number of amides is 1. The lowest BCUT2D eigenvalue weighted by atomic mass is 10.0. The number of ether oxygens (including phenoxy) is 1. The van der Waals surface area contributed by atoms with Gasteiger partial charge in [-0.15, -0.1) is 0 Å². The largest absolute Gasteiger partial charge is 0.488 e. The summed E-state index contributed by atoms with van der Waals surface area (Å²) in [7, 11) is 0. The van der Waals surface area contributed by atoms with Crippen molar-refractivity contribution in [1.82, 2.24) is 10.5 Å². The Bertz CT molecular complexity index is 952. The second-order valence-electron chi connectivity index (χ2n) is 6.24. The fourth-order valence-corrected chi connectivity index (χ4v) is 3.39. The second kappa shape index (κ2) is 8.56. The molecule has 140 valence electrons. The van der Waals surface area contributed by atoms with Gasteiger partial charge in [0.15, 0.2) is 11.5 Å². The summed E-state index contributed by atoms with van der Waals surface area (Å²) in [5, 5.41) is 6.72. The van der Waals surface area contributed by atoms with Crippen LogP contribution >= 0.6 is 22.6 Å². The maximum atomic E-state index is 12.2. The number of aromatic nitrogens is 1. The molecule has 5 nitrogen and oxygen atoms in total. The van der Waals surface area contributed by atoms with Gasteiger partial charge in [0.05, 0.1) is 9.13 Å². The van der Waals surface area contributed by atoms with E-state index < -0.39 is 0 Å². The average molecular weight is 476 g/mol. The molecule has 1 amide bonds. The number of carbonyl (C=O) groups is 1. The van der Waals surface area contributed by atoms with Crippen LogP contribution < -0.4 is 10.1 Å². The molecule has 27 heavy (non-hydrogen) atoms. The van der Waals surface area contributed by atoms with E-state index in [2.05, 4.69) is 33.1 Å². The molecule has 1 aromatic heterocycles. The molecule has 0 aliphatic carbocycles. The van der Waals surface area contributed by atoms with Gasteiger partial charge in [0.2, 0.25) is 0 Å². The van der Waals surface area contributed by atoms with Crippen LogP contribution in [0.3, 0.4) is 0 Å². The minimum Gasteiger partial charge on any atom is -0.488 e. The van der Waals surface area contributed by atoms with E-state index in [0.29, 0.717) is 33.9 Å². The van der Waals surface area contributed by atoms with Crippen molar-refractivity contribution in [2.45, 2.75) is 27.4 Å². The first-order chi connectivity index (χ1) is 13.0. The Labute approximate surface area is 172 Å². The van der Waals surface area contributed by atoms with Crippen LogP contribution in [0.2, 0.25) is 0 Å². The minimum atomic E-state index is -0.243. The highest BCUT2D eigenvalue weighted by Gasteiger charge is 2.23. The van der Waals surface area contributed by atoms with Crippen LogP contribution in [0, 0.1) is 17.4 Å². The standard InChI is InChI=1S/C21H21IN2O3/c1-4-23-21(25)19-18(22)20(27-24-19)16-10-13(2)14(3)11-17(16)26-12-15-8-6-5-7-9-15/h5-11H,4,12H2,1-3H3,(H,23,25). The van der Waals surface area contributed by atoms with Crippen LogP contribution in [0.5, 0.6) is 5.75 Å². The van der Waals surface area contributed by atoms with Gasteiger partial charge in [0, 0.05) is 6.54 Å². The molecule has 0 saturated carbocycles. The summed E-state index contributed by atoms with van der Waals surface area (Å²) in [4.78, 5) is 12.2. The number of halogens is 1. The van der Waals surface area contributed by atoms with Crippen LogP contribution in [0.4, 0.5) is 0 Å². The number of hydrogen-bond donors (Lipinski definition) is 1. The van der Waals surface area contributed by atoms with E-state index in [0.717, 1.165) is 22.3 Å². The van der Waals surface area contributed by atoms with E-state index >= 15 is 0 Å². The minimum absolute atomic E-state index is 0.243. The van der Waals surface area contributed by atoms with Crippen LogP contribution in [0.1, 0.15) is 34.1 Å². The lowest BCUT2D eigenvalue weighted by molar-refractivity contribution is 0.0946. The fourth-order valence-electron chi connectivity index (χ4n) is 2.65. The highest BCUT2D eigenvalue weighted by atomic mass is 127. The van der Waals surface area contributed by atoms with E-state index in [9.17, 15) is 4.79 Å². The van der Waals surface area contributed by atoms with Gasteiger partial charge in [-0.2, -0.15) is 0 Å². The zero-order valence-electron chi connectivity index (χ0n) is 15.5. The smallest absolute Gasteiger partial charge is 0.274 e. The molecule has 3 aromatic rings. The van der Waals surface area contributed by atoms with Gasteiger partial charge in [-0.25, -0.2) is 0 Å². The number of aryl methyl sites for hydroxylation is 2. The van der Waals surface area contributed by atoms with E-state index in [4.69, 9.17) is 9.26 Å². The molecule has 0 saturated heterocycles. The topological polar surface area (TPSA) is 64.4 Å². The van der Waals surface area contributed by atoms with Gasteiger partial charge < -0.3 is 14.6 Å². The summed E-state index contributed by atoms with van der Waals surface area (Å²) in [6.45, 7) is 6.93. The van der Waals surface area contributed by atoms with E-state index in [1.807, 2.05) is 63.2 Å². The molecule has 1 N–H and O–H groups in total. The molecule has 0 radical (unpaired) electrons. The summed E-state index contributed by atoms with van der Waals surface area (Å²) < 4.78 is 12.3. The molecule has 0 fully saturated rings. The first kappa shape index (κ1) is 19.4. The molecule has 0 aliphatic rings. The monoisotopic (exact) mass is 476 g/mol. The predicted molar refractivity (Wildman–Crippen MR) is 113 cm³/mol. The van der Waals surface area contributed by atoms with Crippen molar-refractivity contribution in [2.24, 2.45) is 0 Å². The third-order valence-corrected chi connectivity index (χ3v) is 5.27. The Morgan fingerprint density at radius 3 is 2.59 bits per heavy atom. The van der Waals surface area contributed by atoms with Crippen LogP contribution in [-0.2, 0) is 6.61 Å². The van der Waals surface area contributed by atoms with E-state index in [1.54, 1.807) is 0 Å². The Morgan fingerprint density at radius 1 is 1.19 bits per heavy atom.